The van der Waals surface area contributed by atoms with E-state index in [2.05, 4.69) is 33.3 Å². The van der Waals surface area contributed by atoms with Crippen molar-refractivity contribution in [3.63, 3.8) is 0 Å². The van der Waals surface area contributed by atoms with Crippen molar-refractivity contribution in [1.82, 2.24) is 9.78 Å². The predicted molar refractivity (Wildman–Crippen MR) is 79.4 cm³/mol. The van der Waals surface area contributed by atoms with E-state index in [1.54, 1.807) is 10.9 Å². The molecule has 104 valence electrons. The first-order chi connectivity index (χ1) is 9.07. The Kier molecular flexibility index (Phi) is 3.41. The van der Waals surface area contributed by atoms with Crippen LogP contribution in [0.15, 0.2) is 15.5 Å². The molecule has 2 fully saturated rings. The van der Waals surface area contributed by atoms with Gasteiger partial charge in [-0.15, -0.1) is 0 Å². The number of hydrogen-bond donors (Lipinski definition) is 1. The Balaban J connectivity index is 1.76. The molecule has 0 radical (unpaired) electrons. The number of nitrogens with one attached hydrogen (secondary N) is 1. The van der Waals surface area contributed by atoms with Crippen LogP contribution in [0.25, 0.3) is 0 Å². The van der Waals surface area contributed by atoms with Crippen LogP contribution in [0.4, 0.5) is 5.69 Å². The second kappa shape index (κ2) is 4.93. The summed E-state index contributed by atoms with van der Waals surface area (Å²) < 4.78 is 2.39. The molecule has 0 unspecified atom stereocenters. The number of halogens is 1. The van der Waals surface area contributed by atoms with Crippen molar-refractivity contribution in [2.45, 2.75) is 45.6 Å². The Morgan fingerprint density at radius 2 is 2.26 bits per heavy atom. The van der Waals surface area contributed by atoms with Gasteiger partial charge >= 0.3 is 0 Å². The second-order valence-electron chi connectivity index (χ2n) is 6.32. The maximum atomic E-state index is 12.4. The average molecular weight is 326 g/mol. The zero-order valence-electron chi connectivity index (χ0n) is 11.3. The van der Waals surface area contributed by atoms with Gasteiger partial charge < -0.3 is 5.32 Å². The standard InChI is InChI=1S/C14H20BrN3O/c1-14(5-6-14)9-16-12-11(15)7-17-18(13(12)19)8-10-3-2-4-10/h7,10,16H,2-6,8-9H2,1H3. The molecule has 1 aromatic heterocycles. The van der Waals surface area contributed by atoms with E-state index in [9.17, 15) is 4.79 Å². The van der Waals surface area contributed by atoms with Crippen molar-refractivity contribution in [3.8, 4) is 0 Å². The molecular weight excluding hydrogens is 306 g/mol. The third-order valence-electron chi connectivity index (χ3n) is 4.45. The molecule has 2 saturated carbocycles. The highest BCUT2D eigenvalue weighted by Crippen LogP contribution is 2.44. The van der Waals surface area contributed by atoms with Gasteiger partial charge in [-0.3, -0.25) is 4.79 Å². The van der Waals surface area contributed by atoms with Crippen molar-refractivity contribution in [3.05, 3.63) is 21.0 Å². The molecular formula is C14H20BrN3O. The number of rotatable bonds is 5. The lowest BCUT2D eigenvalue weighted by molar-refractivity contribution is 0.262. The van der Waals surface area contributed by atoms with E-state index in [0.29, 0.717) is 17.0 Å². The fourth-order valence-electron chi connectivity index (χ4n) is 2.37. The van der Waals surface area contributed by atoms with Crippen LogP contribution in [0.3, 0.4) is 0 Å². The Bertz CT molecular complexity index is 532. The summed E-state index contributed by atoms with van der Waals surface area (Å²) in [7, 11) is 0. The minimum Gasteiger partial charge on any atom is -0.379 e. The summed E-state index contributed by atoms with van der Waals surface area (Å²) in [6.45, 7) is 3.88. The number of anilines is 1. The van der Waals surface area contributed by atoms with Crippen LogP contribution in [0.1, 0.15) is 39.0 Å². The van der Waals surface area contributed by atoms with E-state index in [1.807, 2.05) is 0 Å². The maximum Gasteiger partial charge on any atom is 0.291 e. The SMILES string of the molecule is CC1(CNc2c(Br)cnn(CC3CCC3)c2=O)CC1. The van der Waals surface area contributed by atoms with Gasteiger partial charge in [0.05, 0.1) is 10.7 Å². The highest BCUT2D eigenvalue weighted by Gasteiger charge is 2.37. The second-order valence-corrected chi connectivity index (χ2v) is 7.17. The van der Waals surface area contributed by atoms with Gasteiger partial charge in [0.1, 0.15) is 5.69 Å². The van der Waals surface area contributed by atoms with Gasteiger partial charge in [-0.1, -0.05) is 13.3 Å². The lowest BCUT2D eigenvalue weighted by Gasteiger charge is -2.25. The van der Waals surface area contributed by atoms with Crippen LogP contribution in [0.2, 0.25) is 0 Å². The van der Waals surface area contributed by atoms with Crippen molar-refractivity contribution in [1.29, 1.82) is 0 Å². The first kappa shape index (κ1) is 13.2. The number of nitrogens with zero attached hydrogens (tertiary/aromatic N) is 2. The van der Waals surface area contributed by atoms with Crippen LogP contribution in [-0.2, 0) is 6.54 Å². The van der Waals surface area contributed by atoms with Gasteiger partial charge in [-0.2, -0.15) is 5.10 Å². The largest absolute Gasteiger partial charge is 0.379 e. The summed E-state index contributed by atoms with van der Waals surface area (Å²) in [5.41, 5.74) is 1.06. The molecule has 1 aromatic rings. The Morgan fingerprint density at radius 3 is 2.84 bits per heavy atom. The minimum absolute atomic E-state index is 0.00512. The molecule has 1 N–H and O–H groups in total. The maximum absolute atomic E-state index is 12.4. The van der Waals surface area contributed by atoms with Crippen molar-refractivity contribution in [2.75, 3.05) is 11.9 Å². The average Bonchev–Trinajstić information content (AvgIpc) is 3.04. The Hall–Kier alpha value is -0.840. The molecule has 0 saturated heterocycles. The van der Waals surface area contributed by atoms with Gasteiger partial charge in [-0.25, -0.2) is 4.68 Å². The van der Waals surface area contributed by atoms with E-state index >= 15 is 0 Å². The molecule has 0 bridgehead atoms. The summed E-state index contributed by atoms with van der Waals surface area (Å²) in [6.07, 6.45) is 7.98. The minimum atomic E-state index is 0.00512. The summed E-state index contributed by atoms with van der Waals surface area (Å²) >= 11 is 3.43. The zero-order chi connectivity index (χ0) is 13.5. The van der Waals surface area contributed by atoms with Gasteiger partial charge in [0, 0.05) is 13.1 Å². The predicted octanol–water partition coefficient (Wildman–Crippen LogP) is 3.02. The van der Waals surface area contributed by atoms with Crippen LogP contribution in [0.5, 0.6) is 0 Å². The van der Waals surface area contributed by atoms with Gasteiger partial charge in [0.25, 0.3) is 5.56 Å². The van der Waals surface area contributed by atoms with Crippen LogP contribution >= 0.6 is 15.9 Å². The van der Waals surface area contributed by atoms with E-state index in [1.165, 1.54) is 32.1 Å². The first-order valence-corrected chi connectivity index (χ1v) is 7.86. The van der Waals surface area contributed by atoms with E-state index in [-0.39, 0.29) is 5.56 Å². The molecule has 0 amide bonds. The van der Waals surface area contributed by atoms with Crippen molar-refractivity contribution >= 4 is 21.6 Å². The van der Waals surface area contributed by atoms with Crippen LogP contribution < -0.4 is 10.9 Å². The fraction of sp³-hybridized carbons (Fsp3) is 0.714. The number of aromatic nitrogens is 2. The molecule has 0 spiro atoms. The summed E-state index contributed by atoms with van der Waals surface area (Å²) in [6, 6.07) is 0. The summed E-state index contributed by atoms with van der Waals surface area (Å²) in [5.74, 6) is 0.639. The highest BCUT2D eigenvalue weighted by atomic mass is 79.9. The van der Waals surface area contributed by atoms with Gasteiger partial charge in [-0.05, 0) is 52.9 Å². The molecule has 5 heteroatoms. The van der Waals surface area contributed by atoms with Gasteiger partial charge in [0.15, 0.2) is 0 Å². The zero-order valence-corrected chi connectivity index (χ0v) is 12.9. The highest BCUT2D eigenvalue weighted by molar-refractivity contribution is 9.10. The summed E-state index contributed by atoms with van der Waals surface area (Å²) in [5, 5.41) is 7.55. The van der Waals surface area contributed by atoms with Gasteiger partial charge in [0.2, 0.25) is 0 Å². The lowest BCUT2D eigenvalue weighted by Crippen LogP contribution is -2.31. The smallest absolute Gasteiger partial charge is 0.291 e. The van der Waals surface area contributed by atoms with E-state index in [4.69, 9.17) is 0 Å². The molecule has 2 aliphatic carbocycles. The van der Waals surface area contributed by atoms with Crippen molar-refractivity contribution < 1.29 is 0 Å². The third kappa shape index (κ3) is 2.86. The Morgan fingerprint density at radius 1 is 1.53 bits per heavy atom. The summed E-state index contributed by atoms with van der Waals surface area (Å²) in [4.78, 5) is 12.4. The molecule has 0 aromatic carbocycles. The monoisotopic (exact) mass is 325 g/mol. The number of hydrogen-bond acceptors (Lipinski definition) is 3. The topological polar surface area (TPSA) is 46.9 Å². The fourth-order valence-corrected chi connectivity index (χ4v) is 2.77. The van der Waals surface area contributed by atoms with Crippen LogP contribution in [0, 0.1) is 11.3 Å². The molecule has 0 aliphatic heterocycles. The molecule has 1 heterocycles. The lowest BCUT2D eigenvalue weighted by atomic mass is 9.85. The van der Waals surface area contributed by atoms with Crippen molar-refractivity contribution in [2.24, 2.45) is 11.3 Å². The van der Waals surface area contributed by atoms with E-state index in [0.717, 1.165) is 17.6 Å². The Labute approximate surface area is 121 Å². The molecule has 0 atom stereocenters. The quantitative estimate of drug-likeness (QED) is 0.905. The molecule has 3 rings (SSSR count). The molecule has 4 nitrogen and oxygen atoms in total. The normalized spacial score (nSPS) is 20.9. The van der Waals surface area contributed by atoms with Crippen LogP contribution in [-0.4, -0.2) is 16.3 Å². The van der Waals surface area contributed by atoms with E-state index < -0.39 is 0 Å². The first-order valence-electron chi connectivity index (χ1n) is 7.07. The third-order valence-corrected chi connectivity index (χ3v) is 5.05. The molecule has 2 aliphatic rings. The molecule has 19 heavy (non-hydrogen) atoms.